The van der Waals surface area contributed by atoms with E-state index in [0.717, 1.165) is 5.56 Å². The first-order valence-electron chi connectivity index (χ1n) is 9.55. The molecule has 0 aliphatic heterocycles. The van der Waals surface area contributed by atoms with Crippen LogP contribution in [0.25, 0.3) is 0 Å². The van der Waals surface area contributed by atoms with Crippen LogP contribution < -0.4 is 24.3 Å². The Kier molecular flexibility index (Phi) is 8.39. The highest BCUT2D eigenvalue weighted by Gasteiger charge is 2.18. The second-order valence-corrected chi connectivity index (χ2v) is 5.72. The Labute approximate surface area is 166 Å². The van der Waals surface area contributed by atoms with E-state index in [4.69, 9.17) is 18.9 Å². The third-order valence-corrected chi connectivity index (χ3v) is 3.72. The van der Waals surface area contributed by atoms with E-state index < -0.39 is 0 Å². The van der Waals surface area contributed by atoms with Gasteiger partial charge in [0.1, 0.15) is 0 Å². The van der Waals surface area contributed by atoms with E-state index in [1.54, 1.807) is 24.4 Å². The molecule has 1 aromatic carbocycles. The predicted molar refractivity (Wildman–Crippen MR) is 107 cm³/mol. The van der Waals surface area contributed by atoms with Crippen molar-refractivity contribution in [2.45, 2.75) is 34.2 Å². The van der Waals surface area contributed by atoms with Crippen LogP contribution in [0, 0.1) is 0 Å². The second kappa shape index (κ2) is 11.0. The maximum Gasteiger partial charge on any atom is 0.251 e. The van der Waals surface area contributed by atoms with E-state index in [1.807, 2.05) is 33.8 Å². The quantitative estimate of drug-likeness (QED) is 0.634. The van der Waals surface area contributed by atoms with E-state index in [2.05, 4.69) is 10.3 Å². The molecule has 1 N–H and O–H groups in total. The number of rotatable bonds is 11. The molecule has 0 aliphatic rings. The molecular formula is C21H28N2O5. The second-order valence-electron chi connectivity index (χ2n) is 5.72. The average Bonchev–Trinajstić information content (AvgIpc) is 2.69. The lowest BCUT2D eigenvalue weighted by Gasteiger charge is -2.17. The van der Waals surface area contributed by atoms with Gasteiger partial charge in [-0.15, -0.1) is 0 Å². The van der Waals surface area contributed by atoms with Crippen molar-refractivity contribution in [3.63, 3.8) is 0 Å². The number of carbonyl (C=O) groups is 1. The molecule has 1 heterocycles. The molecular weight excluding hydrogens is 360 g/mol. The van der Waals surface area contributed by atoms with Crippen molar-refractivity contribution >= 4 is 5.91 Å². The minimum Gasteiger partial charge on any atom is -0.490 e. The minimum atomic E-state index is -0.236. The molecule has 0 saturated carbocycles. The molecule has 1 aromatic heterocycles. The highest BCUT2D eigenvalue weighted by Crippen LogP contribution is 2.39. The van der Waals surface area contributed by atoms with Gasteiger partial charge in [0.15, 0.2) is 11.5 Å². The fourth-order valence-electron chi connectivity index (χ4n) is 2.59. The molecule has 152 valence electrons. The largest absolute Gasteiger partial charge is 0.490 e. The fourth-order valence-corrected chi connectivity index (χ4v) is 2.59. The normalized spacial score (nSPS) is 10.3. The zero-order valence-electron chi connectivity index (χ0n) is 16.9. The molecule has 7 heteroatoms. The maximum absolute atomic E-state index is 12.7. The number of nitrogens with zero attached hydrogens (tertiary/aromatic N) is 1. The van der Waals surface area contributed by atoms with Crippen LogP contribution in [-0.4, -0.2) is 37.3 Å². The molecule has 0 atom stereocenters. The van der Waals surface area contributed by atoms with Crippen molar-refractivity contribution < 1.29 is 23.7 Å². The van der Waals surface area contributed by atoms with Gasteiger partial charge in [0, 0.05) is 24.4 Å². The summed E-state index contributed by atoms with van der Waals surface area (Å²) in [6.07, 6.45) is 1.66. The molecule has 28 heavy (non-hydrogen) atoms. The molecule has 0 saturated heterocycles. The molecule has 2 aromatic rings. The van der Waals surface area contributed by atoms with Gasteiger partial charge in [-0.25, -0.2) is 4.98 Å². The van der Waals surface area contributed by atoms with Gasteiger partial charge in [-0.2, -0.15) is 0 Å². The third kappa shape index (κ3) is 5.77. The Morgan fingerprint density at radius 1 is 0.893 bits per heavy atom. The molecule has 0 fully saturated rings. The summed E-state index contributed by atoms with van der Waals surface area (Å²) in [6.45, 7) is 9.80. The highest BCUT2D eigenvalue weighted by atomic mass is 16.5. The number of pyridine rings is 1. The molecule has 1 amide bonds. The van der Waals surface area contributed by atoms with E-state index >= 15 is 0 Å². The molecule has 2 rings (SSSR count). The van der Waals surface area contributed by atoms with Crippen LogP contribution >= 0.6 is 0 Å². The zero-order chi connectivity index (χ0) is 20.4. The molecule has 0 spiro atoms. The van der Waals surface area contributed by atoms with Crippen LogP contribution in [0.15, 0.2) is 30.5 Å². The lowest BCUT2D eigenvalue weighted by atomic mass is 10.1. The SMILES string of the molecule is CCOc1cc(CNC(=O)c2cc(OCC)c(OCC)c(OCC)c2)ccn1. The van der Waals surface area contributed by atoms with Crippen molar-refractivity contribution in [2.24, 2.45) is 0 Å². The topological polar surface area (TPSA) is 78.9 Å². The van der Waals surface area contributed by atoms with Crippen LogP contribution in [-0.2, 0) is 6.54 Å². The van der Waals surface area contributed by atoms with Crippen LogP contribution in [0.3, 0.4) is 0 Å². The lowest BCUT2D eigenvalue weighted by Crippen LogP contribution is -2.23. The van der Waals surface area contributed by atoms with Gasteiger partial charge in [0.2, 0.25) is 11.6 Å². The van der Waals surface area contributed by atoms with Gasteiger partial charge in [-0.3, -0.25) is 4.79 Å². The number of hydrogen-bond donors (Lipinski definition) is 1. The predicted octanol–water partition coefficient (Wildman–Crippen LogP) is 3.61. The summed E-state index contributed by atoms with van der Waals surface area (Å²) in [4.78, 5) is 16.8. The van der Waals surface area contributed by atoms with Gasteiger partial charge >= 0.3 is 0 Å². The first kappa shape index (κ1) is 21.3. The third-order valence-electron chi connectivity index (χ3n) is 3.72. The standard InChI is InChI=1S/C21H28N2O5/c1-5-25-17-12-16(13-18(26-6-2)20(17)28-8-4)21(24)23-14-15-9-10-22-19(11-15)27-7-3/h9-13H,5-8,14H2,1-4H3,(H,23,24). The number of aromatic nitrogens is 1. The van der Waals surface area contributed by atoms with Crippen LogP contribution in [0.1, 0.15) is 43.6 Å². The summed E-state index contributed by atoms with van der Waals surface area (Å²) in [5.74, 6) is 1.79. The summed E-state index contributed by atoms with van der Waals surface area (Å²) in [5.41, 5.74) is 1.34. The summed E-state index contributed by atoms with van der Waals surface area (Å²) >= 11 is 0. The molecule has 0 unspecified atom stereocenters. The van der Waals surface area contributed by atoms with Gasteiger partial charge in [-0.1, -0.05) is 0 Å². The smallest absolute Gasteiger partial charge is 0.251 e. The average molecular weight is 388 g/mol. The number of amides is 1. The van der Waals surface area contributed by atoms with Crippen molar-refractivity contribution in [1.82, 2.24) is 10.3 Å². The fraction of sp³-hybridized carbons (Fsp3) is 0.429. The van der Waals surface area contributed by atoms with E-state index in [9.17, 15) is 4.79 Å². The summed E-state index contributed by atoms with van der Waals surface area (Å²) in [6, 6.07) is 6.98. The summed E-state index contributed by atoms with van der Waals surface area (Å²) < 4.78 is 22.4. The lowest BCUT2D eigenvalue weighted by molar-refractivity contribution is 0.0949. The van der Waals surface area contributed by atoms with Crippen molar-refractivity contribution in [3.05, 3.63) is 41.6 Å². The Morgan fingerprint density at radius 2 is 1.50 bits per heavy atom. The van der Waals surface area contributed by atoms with Crippen LogP contribution in [0.5, 0.6) is 23.1 Å². The van der Waals surface area contributed by atoms with Gasteiger partial charge in [0.25, 0.3) is 5.91 Å². The highest BCUT2D eigenvalue weighted by molar-refractivity contribution is 5.95. The number of nitrogens with one attached hydrogen (secondary N) is 1. The monoisotopic (exact) mass is 388 g/mol. The maximum atomic E-state index is 12.7. The summed E-state index contributed by atoms with van der Waals surface area (Å²) in [7, 11) is 0. The molecule has 0 bridgehead atoms. The van der Waals surface area contributed by atoms with Gasteiger partial charge in [-0.05, 0) is 51.5 Å². The van der Waals surface area contributed by atoms with Crippen LogP contribution in [0.2, 0.25) is 0 Å². The van der Waals surface area contributed by atoms with Gasteiger partial charge in [0.05, 0.1) is 26.4 Å². The molecule has 7 nitrogen and oxygen atoms in total. The number of ether oxygens (including phenoxy) is 4. The van der Waals surface area contributed by atoms with Crippen molar-refractivity contribution in [2.75, 3.05) is 26.4 Å². The minimum absolute atomic E-state index is 0.236. The van der Waals surface area contributed by atoms with Crippen molar-refractivity contribution in [1.29, 1.82) is 0 Å². The van der Waals surface area contributed by atoms with E-state index in [1.165, 1.54) is 0 Å². The Balaban J connectivity index is 2.20. The van der Waals surface area contributed by atoms with Crippen molar-refractivity contribution in [3.8, 4) is 23.1 Å². The first-order valence-corrected chi connectivity index (χ1v) is 9.55. The Hall–Kier alpha value is -2.96. The Bertz CT molecular complexity index is 752. The zero-order valence-corrected chi connectivity index (χ0v) is 16.9. The Morgan fingerprint density at radius 3 is 2.07 bits per heavy atom. The summed E-state index contributed by atoms with van der Waals surface area (Å²) in [5, 5.41) is 2.90. The number of benzene rings is 1. The molecule has 0 radical (unpaired) electrons. The van der Waals surface area contributed by atoms with E-state index in [0.29, 0.717) is 61.7 Å². The van der Waals surface area contributed by atoms with E-state index in [-0.39, 0.29) is 5.91 Å². The van der Waals surface area contributed by atoms with Gasteiger partial charge < -0.3 is 24.3 Å². The van der Waals surface area contributed by atoms with Crippen LogP contribution in [0.4, 0.5) is 0 Å². The number of hydrogen-bond acceptors (Lipinski definition) is 6. The molecule has 0 aliphatic carbocycles. The number of carbonyl (C=O) groups excluding carboxylic acids is 1. The first-order chi connectivity index (χ1) is 13.6.